The Morgan fingerprint density at radius 1 is 1.04 bits per heavy atom. The molecule has 1 aromatic rings. The van der Waals surface area contributed by atoms with Crippen molar-refractivity contribution in [2.75, 3.05) is 19.8 Å². The first-order chi connectivity index (χ1) is 11.0. The molecule has 6 nitrogen and oxygen atoms in total. The molecule has 0 aliphatic carbocycles. The summed E-state index contributed by atoms with van der Waals surface area (Å²) in [7, 11) is 0. The predicted molar refractivity (Wildman–Crippen MR) is 88.8 cm³/mol. The maximum Gasteiger partial charge on any atom is 0.309 e. The van der Waals surface area contributed by atoms with Gasteiger partial charge >= 0.3 is 11.8 Å². The molecule has 2 amide bonds. The number of amides is 2. The van der Waals surface area contributed by atoms with E-state index in [9.17, 15) is 9.59 Å². The van der Waals surface area contributed by atoms with Crippen LogP contribution in [0, 0.1) is 0 Å². The first-order valence-electron chi connectivity index (χ1n) is 7.95. The summed E-state index contributed by atoms with van der Waals surface area (Å²) in [6, 6.07) is 5.62. The minimum Gasteiger partial charge on any atom is -0.490 e. The van der Waals surface area contributed by atoms with Gasteiger partial charge in [0.15, 0.2) is 11.5 Å². The third kappa shape index (κ3) is 6.59. The van der Waals surface area contributed by atoms with Crippen LogP contribution in [-0.4, -0.2) is 37.6 Å². The Morgan fingerprint density at radius 3 is 2.30 bits per heavy atom. The van der Waals surface area contributed by atoms with Crippen LogP contribution in [0.3, 0.4) is 0 Å². The lowest BCUT2D eigenvalue weighted by molar-refractivity contribution is -0.139. The van der Waals surface area contributed by atoms with Crippen LogP contribution in [0.2, 0.25) is 0 Å². The van der Waals surface area contributed by atoms with E-state index in [2.05, 4.69) is 10.6 Å². The maximum atomic E-state index is 11.6. The molecule has 0 aliphatic heterocycles. The fraction of sp³-hybridized carbons (Fsp3) is 0.529. The number of carbonyl (C=O) groups excluding carboxylic acids is 2. The van der Waals surface area contributed by atoms with E-state index < -0.39 is 11.8 Å². The first kappa shape index (κ1) is 18.8. The van der Waals surface area contributed by atoms with Crippen molar-refractivity contribution in [3.63, 3.8) is 0 Å². The van der Waals surface area contributed by atoms with Gasteiger partial charge in [0.25, 0.3) is 0 Å². The van der Waals surface area contributed by atoms with Crippen LogP contribution in [0.25, 0.3) is 0 Å². The standard InChI is InChI=1S/C17H26N2O4/c1-5-22-14-8-7-13(11-15(14)23-6-2)9-10-18-16(20)17(21)19-12(3)4/h7-8,11-12H,5-6,9-10H2,1-4H3,(H,18,20)(H,19,21). The van der Waals surface area contributed by atoms with E-state index in [1.807, 2.05) is 32.0 Å². The molecule has 0 heterocycles. The molecule has 0 fully saturated rings. The highest BCUT2D eigenvalue weighted by atomic mass is 16.5. The molecule has 128 valence electrons. The van der Waals surface area contributed by atoms with Gasteiger partial charge in [-0.05, 0) is 51.8 Å². The largest absolute Gasteiger partial charge is 0.490 e. The maximum absolute atomic E-state index is 11.6. The van der Waals surface area contributed by atoms with Crippen molar-refractivity contribution < 1.29 is 19.1 Å². The molecule has 1 aromatic carbocycles. The lowest BCUT2D eigenvalue weighted by Gasteiger charge is -2.13. The SMILES string of the molecule is CCOc1ccc(CCNC(=O)C(=O)NC(C)C)cc1OCC. The fourth-order valence-electron chi connectivity index (χ4n) is 1.98. The minimum atomic E-state index is -0.616. The second-order valence-corrected chi connectivity index (χ2v) is 5.28. The van der Waals surface area contributed by atoms with Gasteiger partial charge in [-0.1, -0.05) is 6.07 Å². The Hall–Kier alpha value is -2.24. The van der Waals surface area contributed by atoms with Crippen LogP contribution >= 0.6 is 0 Å². The third-order valence-electron chi connectivity index (χ3n) is 2.93. The first-order valence-corrected chi connectivity index (χ1v) is 7.95. The number of ether oxygens (including phenoxy) is 2. The van der Waals surface area contributed by atoms with E-state index in [1.165, 1.54) is 0 Å². The molecule has 0 bridgehead atoms. The van der Waals surface area contributed by atoms with Gasteiger partial charge in [-0.15, -0.1) is 0 Å². The zero-order valence-corrected chi connectivity index (χ0v) is 14.3. The van der Waals surface area contributed by atoms with Crippen LogP contribution in [0.5, 0.6) is 11.5 Å². The molecular formula is C17H26N2O4. The normalized spacial score (nSPS) is 10.3. The summed E-state index contributed by atoms with van der Waals surface area (Å²) < 4.78 is 11.1. The summed E-state index contributed by atoms with van der Waals surface area (Å²) in [4.78, 5) is 23.1. The van der Waals surface area contributed by atoms with Gasteiger partial charge in [0.2, 0.25) is 0 Å². The highest BCUT2D eigenvalue weighted by Crippen LogP contribution is 2.28. The molecule has 0 spiro atoms. The monoisotopic (exact) mass is 322 g/mol. The Bertz CT molecular complexity index is 529. The molecule has 6 heteroatoms. The Kier molecular flexibility index (Phi) is 7.94. The van der Waals surface area contributed by atoms with Crippen molar-refractivity contribution in [3.05, 3.63) is 23.8 Å². The van der Waals surface area contributed by atoms with Gasteiger partial charge in [0, 0.05) is 12.6 Å². The second kappa shape index (κ2) is 9.71. The zero-order chi connectivity index (χ0) is 17.2. The van der Waals surface area contributed by atoms with Gasteiger partial charge in [0.05, 0.1) is 13.2 Å². The topological polar surface area (TPSA) is 76.7 Å². The van der Waals surface area contributed by atoms with E-state index in [1.54, 1.807) is 13.8 Å². The molecule has 0 aliphatic rings. The van der Waals surface area contributed by atoms with Crippen molar-refractivity contribution in [1.82, 2.24) is 10.6 Å². The quantitative estimate of drug-likeness (QED) is 0.714. The van der Waals surface area contributed by atoms with Crippen LogP contribution in [0.1, 0.15) is 33.3 Å². The number of hydrogen-bond donors (Lipinski definition) is 2. The molecule has 2 N–H and O–H groups in total. The van der Waals surface area contributed by atoms with E-state index >= 15 is 0 Å². The molecule has 1 rings (SSSR count). The van der Waals surface area contributed by atoms with Crippen molar-refractivity contribution in [3.8, 4) is 11.5 Å². The zero-order valence-electron chi connectivity index (χ0n) is 14.3. The molecule has 0 radical (unpaired) electrons. The van der Waals surface area contributed by atoms with E-state index in [0.29, 0.717) is 37.7 Å². The number of hydrogen-bond acceptors (Lipinski definition) is 4. The summed E-state index contributed by atoms with van der Waals surface area (Å²) in [6.07, 6.45) is 0.604. The fourth-order valence-corrected chi connectivity index (χ4v) is 1.98. The molecule has 0 unspecified atom stereocenters. The summed E-state index contributed by atoms with van der Waals surface area (Å²) >= 11 is 0. The van der Waals surface area contributed by atoms with Crippen molar-refractivity contribution in [1.29, 1.82) is 0 Å². The smallest absolute Gasteiger partial charge is 0.309 e. The summed E-state index contributed by atoms with van der Waals surface area (Å²) in [6.45, 7) is 8.94. The van der Waals surface area contributed by atoms with E-state index in [-0.39, 0.29) is 6.04 Å². The summed E-state index contributed by atoms with van der Waals surface area (Å²) in [5.74, 6) is 0.172. The number of nitrogens with one attached hydrogen (secondary N) is 2. The highest BCUT2D eigenvalue weighted by Gasteiger charge is 2.13. The molecular weight excluding hydrogens is 296 g/mol. The van der Waals surface area contributed by atoms with Crippen molar-refractivity contribution in [2.24, 2.45) is 0 Å². The Labute approximate surface area is 137 Å². The van der Waals surface area contributed by atoms with Gasteiger partial charge < -0.3 is 20.1 Å². The van der Waals surface area contributed by atoms with Crippen LogP contribution in [-0.2, 0) is 16.0 Å². The average Bonchev–Trinajstić information content (AvgIpc) is 2.49. The molecule has 0 aromatic heterocycles. The van der Waals surface area contributed by atoms with Crippen LogP contribution in [0.4, 0.5) is 0 Å². The van der Waals surface area contributed by atoms with E-state index in [0.717, 1.165) is 5.56 Å². The lowest BCUT2D eigenvalue weighted by atomic mass is 10.1. The van der Waals surface area contributed by atoms with Crippen molar-refractivity contribution in [2.45, 2.75) is 40.2 Å². The summed E-state index contributed by atoms with van der Waals surface area (Å²) in [5.41, 5.74) is 1.00. The second-order valence-electron chi connectivity index (χ2n) is 5.28. The van der Waals surface area contributed by atoms with Gasteiger partial charge in [-0.3, -0.25) is 9.59 Å². The Balaban J connectivity index is 2.56. The third-order valence-corrected chi connectivity index (χ3v) is 2.93. The highest BCUT2D eigenvalue weighted by molar-refractivity contribution is 6.35. The molecule has 0 saturated carbocycles. The Morgan fingerprint density at radius 2 is 1.70 bits per heavy atom. The van der Waals surface area contributed by atoms with Crippen molar-refractivity contribution >= 4 is 11.8 Å². The minimum absolute atomic E-state index is 0.0619. The number of carbonyl (C=O) groups is 2. The number of benzene rings is 1. The predicted octanol–water partition coefficient (Wildman–Crippen LogP) is 1.67. The number of rotatable bonds is 8. The molecule has 0 saturated heterocycles. The average molecular weight is 322 g/mol. The van der Waals surface area contributed by atoms with Gasteiger partial charge in [-0.2, -0.15) is 0 Å². The van der Waals surface area contributed by atoms with Crippen LogP contribution < -0.4 is 20.1 Å². The summed E-state index contributed by atoms with van der Waals surface area (Å²) in [5, 5.41) is 5.16. The van der Waals surface area contributed by atoms with Gasteiger partial charge in [-0.25, -0.2) is 0 Å². The molecule has 0 atom stereocenters. The van der Waals surface area contributed by atoms with Gasteiger partial charge in [0.1, 0.15) is 0 Å². The lowest BCUT2D eigenvalue weighted by Crippen LogP contribution is -2.43. The molecule has 23 heavy (non-hydrogen) atoms. The van der Waals surface area contributed by atoms with E-state index in [4.69, 9.17) is 9.47 Å². The van der Waals surface area contributed by atoms with Crippen LogP contribution in [0.15, 0.2) is 18.2 Å².